The Morgan fingerprint density at radius 1 is 1.21 bits per heavy atom. The van der Waals surface area contributed by atoms with E-state index in [1.165, 1.54) is 11.3 Å². The zero-order chi connectivity index (χ0) is 13.4. The van der Waals surface area contributed by atoms with E-state index in [0.717, 1.165) is 27.3 Å². The first kappa shape index (κ1) is 12.5. The fraction of sp³-hybridized carbons (Fsp3) is 0.143. The van der Waals surface area contributed by atoms with Crippen LogP contribution in [0.2, 0.25) is 5.02 Å². The molecule has 2 N–H and O–H groups in total. The lowest BCUT2D eigenvalue weighted by Gasteiger charge is -2.11. The van der Waals surface area contributed by atoms with Crippen LogP contribution in [0.5, 0.6) is 0 Å². The fourth-order valence-electron chi connectivity index (χ4n) is 1.96. The van der Waals surface area contributed by atoms with E-state index < -0.39 is 0 Å². The quantitative estimate of drug-likeness (QED) is 0.775. The first-order valence-corrected chi connectivity index (χ1v) is 7.18. The molecule has 0 aliphatic heterocycles. The maximum atomic E-state index is 6.14. The van der Waals surface area contributed by atoms with E-state index >= 15 is 0 Å². The molecule has 3 nitrogen and oxygen atoms in total. The number of hydrogen-bond acceptors (Lipinski definition) is 4. The highest BCUT2D eigenvalue weighted by molar-refractivity contribution is 7.17. The summed E-state index contributed by atoms with van der Waals surface area (Å²) in [6.45, 7) is 1.91. The average molecular weight is 290 g/mol. The Labute approximate surface area is 120 Å². The van der Waals surface area contributed by atoms with E-state index in [4.69, 9.17) is 17.3 Å². The lowest BCUT2D eigenvalue weighted by atomic mass is 10.1. The van der Waals surface area contributed by atoms with Crippen molar-refractivity contribution in [3.05, 3.63) is 46.4 Å². The Morgan fingerprint density at radius 3 is 2.63 bits per heavy atom. The van der Waals surface area contributed by atoms with Crippen LogP contribution in [0.15, 0.2) is 35.7 Å². The van der Waals surface area contributed by atoms with E-state index in [2.05, 4.69) is 9.97 Å². The minimum Gasteiger partial charge on any atom is -0.323 e. The standard InChI is InChI=1S/C14H12ClN3S/c1-8(16)11-12(9-5-3-2-4-6-9)17-13-10(15)7-19-14(13)18-11/h2-8H,16H2,1H3. The molecule has 0 saturated heterocycles. The number of nitrogens with two attached hydrogens (primary N) is 1. The first-order chi connectivity index (χ1) is 9.16. The van der Waals surface area contributed by atoms with Gasteiger partial charge < -0.3 is 5.73 Å². The van der Waals surface area contributed by atoms with Crippen LogP contribution in [0.3, 0.4) is 0 Å². The molecule has 0 amide bonds. The summed E-state index contributed by atoms with van der Waals surface area (Å²) in [6.07, 6.45) is 0. The van der Waals surface area contributed by atoms with Gasteiger partial charge >= 0.3 is 0 Å². The van der Waals surface area contributed by atoms with Crippen molar-refractivity contribution in [2.75, 3.05) is 0 Å². The monoisotopic (exact) mass is 289 g/mol. The molecule has 0 saturated carbocycles. The SMILES string of the molecule is CC(N)c1nc2scc(Cl)c2nc1-c1ccccc1. The van der Waals surface area contributed by atoms with Crippen molar-refractivity contribution in [3.63, 3.8) is 0 Å². The smallest absolute Gasteiger partial charge is 0.143 e. The van der Waals surface area contributed by atoms with Crippen LogP contribution in [-0.4, -0.2) is 9.97 Å². The molecule has 5 heteroatoms. The lowest BCUT2D eigenvalue weighted by molar-refractivity contribution is 0.785. The fourth-order valence-corrected chi connectivity index (χ4v) is 3.03. The molecule has 1 aromatic carbocycles. The molecule has 96 valence electrons. The van der Waals surface area contributed by atoms with Gasteiger partial charge in [0.05, 0.1) is 16.4 Å². The van der Waals surface area contributed by atoms with E-state index in [9.17, 15) is 0 Å². The van der Waals surface area contributed by atoms with E-state index in [0.29, 0.717) is 5.02 Å². The normalized spacial score (nSPS) is 12.8. The Morgan fingerprint density at radius 2 is 1.95 bits per heavy atom. The molecule has 3 aromatic rings. The summed E-state index contributed by atoms with van der Waals surface area (Å²) in [6, 6.07) is 9.75. The van der Waals surface area contributed by atoms with Crippen molar-refractivity contribution < 1.29 is 0 Å². The molecule has 0 radical (unpaired) electrons. The highest BCUT2D eigenvalue weighted by atomic mass is 35.5. The van der Waals surface area contributed by atoms with Crippen molar-refractivity contribution in [3.8, 4) is 11.3 Å². The van der Waals surface area contributed by atoms with Crippen LogP contribution in [0, 0.1) is 0 Å². The molecule has 1 unspecified atom stereocenters. The van der Waals surface area contributed by atoms with Crippen LogP contribution in [0.25, 0.3) is 21.6 Å². The molecule has 0 fully saturated rings. The van der Waals surface area contributed by atoms with Crippen molar-refractivity contribution in [1.82, 2.24) is 9.97 Å². The van der Waals surface area contributed by atoms with Gasteiger partial charge in [-0.15, -0.1) is 11.3 Å². The second-order valence-corrected chi connectivity index (χ2v) is 5.61. The van der Waals surface area contributed by atoms with E-state index in [-0.39, 0.29) is 6.04 Å². The molecule has 0 aliphatic carbocycles. The lowest BCUT2D eigenvalue weighted by Crippen LogP contribution is -2.10. The summed E-state index contributed by atoms with van der Waals surface area (Å²) < 4.78 is 0. The number of rotatable bonds is 2. The van der Waals surface area contributed by atoms with Crippen LogP contribution < -0.4 is 5.73 Å². The van der Waals surface area contributed by atoms with Gasteiger partial charge in [-0.25, -0.2) is 9.97 Å². The van der Waals surface area contributed by atoms with Gasteiger partial charge in [0, 0.05) is 17.0 Å². The number of halogens is 1. The number of benzene rings is 1. The second kappa shape index (κ2) is 4.89. The Hall–Kier alpha value is -1.49. The summed E-state index contributed by atoms with van der Waals surface area (Å²) in [7, 11) is 0. The van der Waals surface area contributed by atoms with Crippen LogP contribution in [-0.2, 0) is 0 Å². The topological polar surface area (TPSA) is 51.8 Å². The summed E-state index contributed by atoms with van der Waals surface area (Å²) >= 11 is 7.63. The summed E-state index contributed by atoms with van der Waals surface area (Å²) in [5.41, 5.74) is 9.38. The second-order valence-electron chi connectivity index (χ2n) is 4.35. The molecule has 3 rings (SSSR count). The minimum atomic E-state index is -0.173. The van der Waals surface area contributed by atoms with E-state index in [1.807, 2.05) is 42.6 Å². The number of thiophene rings is 1. The third-order valence-electron chi connectivity index (χ3n) is 2.87. The third-order valence-corrected chi connectivity index (χ3v) is 4.15. The van der Waals surface area contributed by atoms with E-state index in [1.54, 1.807) is 0 Å². The number of hydrogen-bond donors (Lipinski definition) is 1. The van der Waals surface area contributed by atoms with Gasteiger partial charge in [-0.3, -0.25) is 0 Å². The molecule has 1 atom stereocenters. The van der Waals surface area contributed by atoms with Gasteiger partial charge in [0.25, 0.3) is 0 Å². The predicted octanol–water partition coefficient (Wildman–Crippen LogP) is 4.03. The van der Waals surface area contributed by atoms with Gasteiger partial charge in [0.2, 0.25) is 0 Å². The molecule has 0 aliphatic rings. The van der Waals surface area contributed by atoms with Crippen LogP contribution in [0.1, 0.15) is 18.7 Å². The number of fused-ring (bicyclic) bond motifs is 1. The van der Waals surface area contributed by atoms with Gasteiger partial charge in [-0.05, 0) is 6.92 Å². The number of aromatic nitrogens is 2. The molecule has 0 bridgehead atoms. The Bertz CT molecular complexity index is 722. The van der Waals surface area contributed by atoms with Crippen molar-refractivity contribution >= 4 is 33.3 Å². The average Bonchev–Trinajstić information content (AvgIpc) is 2.79. The maximum Gasteiger partial charge on any atom is 0.143 e. The van der Waals surface area contributed by atoms with Crippen LogP contribution >= 0.6 is 22.9 Å². The highest BCUT2D eigenvalue weighted by Crippen LogP contribution is 2.32. The molecular weight excluding hydrogens is 278 g/mol. The maximum absolute atomic E-state index is 6.14. The Balaban J connectivity index is 2.31. The van der Waals surface area contributed by atoms with Crippen molar-refractivity contribution in [2.45, 2.75) is 13.0 Å². The molecular formula is C14H12ClN3S. The first-order valence-electron chi connectivity index (χ1n) is 5.92. The summed E-state index contributed by atoms with van der Waals surface area (Å²) in [5, 5.41) is 2.49. The van der Waals surface area contributed by atoms with Gasteiger partial charge in [-0.1, -0.05) is 41.9 Å². The molecule has 2 aromatic heterocycles. The minimum absolute atomic E-state index is 0.173. The highest BCUT2D eigenvalue weighted by Gasteiger charge is 2.16. The third kappa shape index (κ3) is 2.23. The largest absolute Gasteiger partial charge is 0.323 e. The van der Waals surface area contributed by atoms with Gasteiger partial charge in [0.15, 0.2) is 0 Å². The Kier molecular flexibility index (Phi) is 3.22. The molecule has 2 heterocycles. The van der Waals surface area contributed by atoms with Crippen molar-refractivity contribution in [1.29, 1.82) is 0 Å². The zero-order valence-corrected chi connectivity index (χ0v) is 11.9. The van der Waals surface area contributed by atoms with Crippen molar-refractivity contribution in [2.24, 2.45) is 5.73 Å². The number of nitrogens with zero attached hydrogens (tertiary/aromatic N) is 2. The summed E-state index contributed by atoms with van der Waals surface area (Å²) in [4.78, 5) is 10.1. The van der Waals surface area contributed by atoms with Gasteiger partial charge in [0.1, 0.15) is 10.3 Å². The van der Waals surface area contributed by atoms with Gasteiger partial charge in [-0.2, -0.15) is 0 Å². The molecule has 0 spiro atoms. The molecule has 19 heavy (non-hydrogen) atoms. The van der Waals surface area contributed by atoms with Crippen LogP contribution in [0.4, 0.5) is 0 Å². The predicted molar refractivity (Wildman–Crippen MR) is 80.5 cm³/mol. The summed E-state index contributed by atoms with van der Waals surface area (Å²) in [5.74, 6) is 0. The zero-order valence-electron chi connectivity index (χ0n) is 10.3.